The Labute approximate surface area is 186 Å². The normalized spacial score (nSPS) is 15.6. The molecule has 0 amide bonds. The summed E-state index contributed by atoms with van der Waals surface area (Å²) in [5.74, 6) is 0.302. The van der Waals surface area contributed by atoms with Crippen LogP contribution < -0.4 is 10.6 Å². The second kappa shape index (κ2) is 8.35. The molecule has 1 aromatic carbocycles. The molecular formula is C21H32N6O3S. The lowest BCUT2D eigenvalue weighted by atomic mass is 10.1. The molecule has 10 heteroatoms. The summed E-state index contributed by atoms with van der Waals surface area (Å²) < 4.78 is 30.6. The number of anilines is 1. The highest BCUT2D eigenvalue weighted by atomic mass is 32.2. The Morgan fingerprint density at radius 3 is 2.48 bits per heavy atom. The Morgan fingerprint density at radius 2 is 1.84 bits per heavy atom. The second-order valence-electron chi connectivity index (χ2n) is 8.02. The number of aromatic nitrogens is 4. The van der Waals surface area contributed by atoms with Crippen LogP contribution in [0.2, 0.25) is 0 Å². The zero-order chi connectivity index (χ0) is 22.2. The third-order valence-electron chi connectivity index (χ3n) is 5.48. The standard InChI is InChI=1S/C21H26N6O3S.3H2/c1-13(2)31(28,29)17-6-4-15(5-7-17)18-12-23-14(3)19(24-18)20-25-26-21(30-20)27-10-8-16(22)9-11-27;;;/h4-7,12-13,16H,8-11,22H2,1-3H3;3*1H. The molecule has 3 aromatic rings. The third-order valence-corrected chi connectivity index (χ3v) is 7.65. The quantitative estimate of drug-likeness (QED) is 0.624. The van der Waals surface area contributed by atoms with Gasteiger partial charge in [0.2, 0.25) is 0 Å². The number of piperidine rings is 1. The summed E-state index contributed by atoms with van der Waals surface area (Å²) in [5.41, 5.74) is 8.48. The van der Waals surface area contributed by atoms with Crippen LogP contribution in [0.25, 0.3) is 22.8 Å². The van der Waals surface area contributed by atoms with Gasteiger partial charge in [0, 0.05) is 29.0 Å². The average molecular weight is 449 g/mol. The van der Waals surface area contributed by atoms with Gasteiger partial charge in [-0.05, 0) is 45.7 Å². The maximum Gasteiger partial charge on any atom is 0.318 e. The van der Waals surface area contributed by atoms with Crippen molar-refractivity contribution < 1.29 is 17.1 Å². The van der Waals surface area contributed by atoms with Gasteiger partial charge in [0.1, 0.15) is 5.69 Å². The highest BCUT2D eigenvalue weighted by Crippen LogP contribution is 2.27. The smallest absolute Gasteiger partial charge is 0.318 e. The molecule has 2 aromatic heterocycles. The molecule has 170 valence electrons. The number of nitrogens with zero attached hydrogens (tertiary/aromatic N) is 5. The molecule has 31 heavy (non-hydrogen) atoms. The number of benzene rings is 1. The maximum atomic E-state index is 12.3. The van der Waals surface area contributed by atoms with Crippen LogP contribution in [0, 0.1) is 6.92 Å². The highest BCUT2D eigenvalue weighted by Gasteiger charge is 2.23. The van der Waals surface area contributed by atoms with Gasteiger partial charge in [-0.1, -0.05) is 17.2 Å². The minimum atomic E-state index is -3.33. The van der Waals surface area contributed by atoms with E-state index in [2.05, 4.69) is 20.2 Å². The fraction of sp³-hybridized carbons (Fsp3) is 0.429. The Hall–Kier alpha value is -2.85. The Bertz CT molecular complexity index is 1180. The fourth-order valence-corrected chi connectivity index (χ4v) is 4.47. The summed E-state index contributed by atoms with van der Waals surface area (Å²) in [5, 5.41) is 7.86. The van der Waals surface area contributed by atoms with E-state index in [1.165, 1.54) is 0 Å². The molecular weight excluding hydrogens is 416 g/mol. The minimum Gasteiger partial charge on any atom is -0.401 e. The van der Waals surface area contributed by atoms with E-state index in [4.69, 9.17) is 10.2 Å². The summed E-state index contributed by atoms with van der Waals surface area (Å²) >= 11 is 0. The number of nitrogens with two attached hydrogens (primary N) is 1. The first kappa shape index (κ1) is 21.4. The summed E-state index contributed by atoms with van der Waals surface area (Å²) in [6.45, 7) is 6.71. The van der Waals surface area contributed by atoms with Crippen molar-refractivity contribution in [3.63, 3.8) is 0 Å². The first-order chi connectivity index (χ1) is 14.8. The van der Waals surface area contributed by atoms with E-state index >= 15 is 0 Å². The van der Waals surface area contributed by atoms with Gasteiger partial charge < -0.3 is 15.1 Å². The second-order valence-corrected chi connectivity index (χ2v) is 10.5. The van der Waals surface area contributed by atoms with Crippen LogP contribution in [0.3, 0.4) is 0 Å². The molecule has 0 spiro atoms. The van der Waals surface area contributed by atoms with Crippen molar-refractivity contribution >= 4 is 15.9 Å². The molecule has 0 aliphatic carbocycles. The van der Waals surface area contributed by atoms with Crippen molar-refractivity contribution in [3.8, 4) is 22.8 Å². The first-order valence-corrected chi connectivity index (χ1v) is 11.8. The van der Waals surface area contributed by atoms with E-state index in [1.807, 2.05) is 11.8 Å². The topological polar surface area (TPSA) is 128 Å². The Balaban J connectivity index is 0.00000193. The largest absolute Gasteiger partial charge is 0.401 e. The number of sulfone groups is 1. The molecule has 2 N–H and O–H groups in total. The Morgan fingerprint density at radius 1 is 1.16 bits per heavy atom. The van der Waals surface area contributed by atoms with Crippen LogP contribution in [0.15, 0.2) is 39.8 Å². The predicted octanol–water partition coefficient (Wildman–Crippen LogP) is 3.35. The zero-order valence-electron chi connectivity index (χ0n) is 17.8. The molecule has 1 fully saturated rings. The molecule has 1 aliphatic rings. The molecule has 1 saturated heterocycles. The molecule has 0 atom stereocenters. The number of hydrogen-bond acceptors (Lipinski definition) is 9. The molecule has 1 aliphatic heterocycles. The SMILES string of the molecule is Cc1ncc(-c2ccc(S(=O)(=O)C(C)C)cc2)nc1-c1nnc(N2CCC(N)CC2)o1.[HH].[HH].[HH]. The van der Waals surface area contributed by atoms with Crippen molar-refractivity contribution in [2.45, 2.75) is 49.8 Å². The van der Waals surface area contributed by atoms with Crippen molar-refractivity contribution in [2.75, 3.05) is 18.0 Å². The maximum absolute atomic E-state index is 12.3. The van der Waals surface area contributed by atoms with Gasteiger partial charge in [0.25, 0.3) is 5.89 Å². The van der Waals surface area contributed by atoms with Crippen LogP contribution >= 0.6 is 0 Å². The van der Waals surface area contributed by atoms with Crippen LogP contribution in [-0.4, -0.2) is 53.0 Å². The predicted molar refractivity (Wildman–Crippen MR) is 124 cm³/mol. The monoisotopic (exact) mass is 448 g/mol. The summed E-state index contributed by atoms with van der Waals surface area (Å²) in [4.78, 5) is 11.4. The van der Waals surface area contributed by atoms with E-state index in [9.17, 15) is 8.42 Å². The minimum absolute atomic E-state index is 0. The molecule has 0 radical (unpaired) electrons. The van der Waals surface area contributed by atoms with Gasteiger partial charge in [-0.15, -0.1) is 5.10 Å². The van der Waals surface area contributed by atoms with Crippen LogP contribution in [0.5, 0.6) is 0 Å². The third kappa shape index (κ3) is 4.31. The van der Waals surface area contributed by atoms with Gasteiger partial charge in [-0.3, -0.25) is 4.98 Å². The summed E-state index contributed by atoms with van der Waals surface area (Å²) in [7, 11) is -3.33. The van der Waals surface area contributed by atoms with Crippen molar-refractivity contribution in [1.29, 1.82) is 0 Å². The lowest BCUT2D eigenvalue weighted by Crippen LogP contribution is -2.39. The van der Waals surface area contributed by atoms with Crippen molar-refractivity contribution in [1.82, 2.24) is 20.2 Å². The van der Waals surface area contributed by atoms with Gasteiger partial charge in [-0.2, -0.15) is 0 Å². The van der Waals surface area contributed by atoms with Gasteiger partial charge in [0.05, 0.1) is 27.7 Å². The molecule has 3 heterocycles. The number of rotatable bonds is 5. The lowest BCUT2D eigenvalue weighted by Gasteiger charge is -2.28. The number of aryl methyl sites for hydroxylation is 1. The van der Waals surface area contributed by atoms with E-state index in [1.54, 1.807) is 44.3 Å². The number of hydrogen-bond donors (Lipinski definition) is 1. The van der Waals surface area contributed by atoms with Gasteiger partial charge in [0.15, 0.2) is 9.84 Å². The van der Waals surface area contributed by atoms with Gasteiger partial charge >= 0.3 is 6.01 Å². The molecule has 0 unspecified atom stereocenters. The van der Waals surface area contributed by atoms with Gasteiger partial charge in [-0.25, -0.2) is 13.4 Å². The van der Waals surface area contributed by atoms with Crippen LogP contribution in [0.1, 0.15) is 36.7 Å². The lowest BCUT2D eigenvalue weighted by molar-refractivity contribution is 0.460. The summed E-state index contributed by atoms with van der Waals surface area (Å²) in [6, 6.07) is 7.32. The molecule has 4 rings (SSSR count). The van der Waals surface area contributed by atoms with E-state index < -0.39 is 15.1 Å². The summed E-state index contributed by atoms with van der Waals surface area (Å²) in [6.07, 6.45) is 3.41. The molecule has 0 saturated carbocycles. The zero-order valence-corrected chi connectivity index (χ0v) is 18.6. The van der Waals surface area contributed by atoms with Crippen LogP contribution in [0.4, 0.5) is 6.01 Å². The van der Waals surface area contributed by atoms with Crippen LogP contribution in [-0.2, 0) is 9.84 Å². The fourth-order valence-electron chi connectivity index (χ4n) is 3.41. The molecule has 9 nitrogen and oxygen atoms in total. The molecule has 0 bridgehead atoms. The van der Waals surface area contributed by atoms with E-state index in [0.717, 1.165) is 31.5 Å². The van der Waals surface area contributed by atoms with Crippen molar-refractivity contribution in [3.05, 3.63) is 36.2 Å². The highest BCUT2D eigenvalue weighted by molar-refractivity contribution is 7.92. The van der Waals surface area contributed by atoms with E-state index in [-0.39, 0.29) is 15.2 Å². The van der Waals surface area contributed by atoms with Crippen molar-refractivity contribution in [2.24, 2.45) is 5.73 Å². The Kier molecular flexibility index (Phi) is 5.76. The first-order valence-electron chi connectivity index (χ1n) is 10.3. The average Bonchev–Trinajstić information content (AvgIpc) is 3.24. The van der Waals surface area contributed by atoms with E-state index in [0.29, 0.717) is 29.0 Å².